The second-order valence-corrected chi connectivity index (χ2v) is 7.75. The number of likely N-dealkylation sites (tertiary alicyclic amines) is 1. The Morgan fingerprint density at radius 2 is 1.71 bits per heavy atom. The molecule has 2 aromatic carbocycles. The summed E-state index contributed by atoms with van der Waals surface area (Å²) in [6.07, 6.45) is 6.91. The van der Waals surface area contributed by atoms with E-state index in [9.17, 15) is 0 Å². The fourth-order valence-electron chi connectivity index (χ4n) is 4.00. The molecule has 0 unspecified atom stereocenters. The zero-order valence-corrected chi connectivity index (χ0v) is 16.6. The number of piperidine rings is 1. The highest BCUT2D eigenvalue weighted by molar-refractivity contribution is 5.33. The van der Waals surface area contributed by atoms with Crippen molar-refractivity contribution in [2.45, 2.75) is 31.8 Å². The van der Waals surface area contributed by atoms with E-state index in [1.807, 2.05) is 0 Å². The number of hydrogen-bond donors (Lipinski definition) is 0. The Bertz CT molecular complexity index is 821. The third-order valence-corrected chi connectivity index (χ3v) is 5.74. The highest BCUT2D eigenvalue weighted by Crippen LogP contribution is 2.20. The lowest BCUT2D eigenvalue weighted by atomic mass is 10.0. The Hall–Kier alpha value is -2.50. The molecule has 0 saturated carbocycles. The van der Waals surface area contributed by atoms with Crippen molar-refractivity contribution < 1.29 is 0 Å². The van der Waals surface area contributed by atoms with E-state index >= 15 is 0 Å². The molecule has 2 heterocycles. The largest absolute Gasteiger partial charge is 0.306 e. The first-order chi connectivity index (χ1) is 13.8. The predicted octanol–water partition coefficient (Wildman–Crippen LogP) is 3.41. The number of nitrogens with zero attached hydrogens (tertiary/aromatic N) is 5. The highest BCUT2D eigenvalue weighted by Gasteiger charge is 2.23. The van der Waals surface area contributed by atoms with Crippen LogP contribution in [0.25, 0.3) is 5.69 Å². The highest BCUT2D eigenvalue weighted by atomic mass is 15.3. The molecule has 1 saturated heterocycles. The zero-order chi connectivity index (χ0) is 19.2. The van der Waals surface area contributed by atoms with Crippen LogP contribution in [0.15, 0.2) is 67.3 Å². The summed E-state index contributed by atoms with van der Waals surface area (Å²) in [6, 6.07) is 20.2. The predicted molar refractivity (Wildman–Crippen MR) is 112 cm³/mol. The van der Waals surface area contributed by atoms with Crippen LogP contribution in [0.1, 0.15) is 24.0 Å². The lowest BCUT2D eigenvalue weighted by Crippen LogP contribution is -2.44. The van der Waals surface area contributed by atoms with Gasteiger partial charge in [-0.25, -0.2) is 9.67 Å². The van der Waals surface area contributed by atoms with Crippen LogP contribution in [0.2, 0.25) is 0 Å². The fourth-order valence-corrected chi connectivity index (χ4v) is 4.00. The molecule has 146 valence electrons. The summed E-state index contributed by atoms with van der Waals surface area (Å²) in [4.78, 5) is 9.16. The summed E-state index contributed by atoms with van der Waals surface area (Å²) in [5.41, 5.74) is 3.83. The maximum absolute atomic E-state index is 4.21. The molecule has 0 N–H and O–H groups in total. The monoisotopic (exact) mass is 375 g/mol. The average Bonchev–Trinajstić information content (AvgIpc) is 3.28. The normalized spacial score (nSPS) is 15.9. The summed E-state index contributed by atoms with van der Waals surface area (Å²) in [5, 5.41) is 4.21. The molecule has 3 aromatic rings. The van der Waals surface area contributed by atoms with Crippen LogP contribution in [-0.4, -0.2) is 57.3 Å². The number of hydrogen-bond acceptors (Lipinski definition) is 4. The number of aromatic nitrogens is 3. The van der Waals surface area contributed by atoms with Crippen molar-refractivity contribution in [1.82, 2.24) is 24.6 Å². The van der Waals surface area contributed by atoms with Crippen molar-refractivity contribution in [1.29, 1.82) is 0 Å². The van der Waals surface area contributed by atoms with Crippen LogP contribution in [0.4, 0.5) is 0 Å². The van der Waals surface area contributed by atoms with Crippen LogP contribution >= 0.6 is 0 Å². The van der Waals surface area contributed by atoms with Gasteiger partial charge >= 0.3 is 0 Å². The fraction of sp³-hybridized carbons (Fsp3) is 0.391. The van der Waals surface area contributed by atoms with Gasteiger partial charge in [0.2, 0.25) is 0 Å². The summed E-state index contributed by atoms with van der Waals surface area (Å²) < 4.78 is 1.80. The van der Waals surface area contributed by atoms with E-state index in [-0.39, 0.29) is 0 Å². The van der Waals surface area contributed by atoms with Gasteiger partial charge in [0.05, 0.1) is 5.69 Å². The first kappa shape index (κ1) is 18.8. The van der Waals surface area contributed by atoms with Crippen LogP contribution in [-0.2, 0) is 13.0 Å². The molecule has 1 aliphatic heterocycles. The topological polar surface area (TPSA) is 37.2 Å². The van der Waals surface area contributed by atoms with Crippen molar-refractivity contribution >= 4 is 0 Å². The first-order valence-corrected chi connectivity index (χ1v) is 10.2. The molecule has 0 amide bonds. The molecular formula is C23H29N5. The van der Waals surface area contributed by atoms with Gasteiger partial charge in [0, 0.05) is 19.1 Å². The van der Waals surface area contributed by atoms with Crippen molar-refractivity contribution in [2.75, 3.05) is 26.7 Å². The average molecular weight is 376 g/mol. The summed E-state index contributed by atoms with van der Waals surface area (Å²) in [7, 11) is 2.23. The van der Waals surface area contributed by atoms with Crippen molar-refractivity contribution in [3.8, 4) is 5.69 Å². The van der Waals surface area contributed by atoms with Gasteiger partial charge in [0.25, 0.3) is 0 Å². The molecule has 5 nitrogen and oxygen atoms in total. The van der Waals surface area contributed by atoms with E-state index in [0.29, 0.717) is 6.04 Å². The van der Waals surface area contributed by atoms with Gasteiger partial charge in [-0.2, -0.15) is 5.10 Å². The molecule has 0 bridgehead atoms. The first-order valence-electron chi connectivity index (χ1n) is 10.2. The second-order valence-electron chi connectivity index (χ2n) is 7.75. The van der Waals surface area contributed by atoms with Crippen LogP contribution in [0.3, 0.4) is 0 Å². The minimum Gasteiger partial charge on any atom is -0.306 e. The van der Waals surface area contributed by atoms with Gasteiger partial charge in [0.1, 0.15) is 12.7 Å². The minimum absolute atomic E-state index is 0.662. The van der Waals surface area contributed by atoms with Gasteiger partial charge in [-0.15, -0.1) is 0 Å². The lowest BCUT2D eigenvalue weighted by molar-refractivity contribution is 0.115. The van der Waals surface area contributed by atoms with Gasteiger partial charge in [-0.1, -0.05) is 42.5 Å². The van der Waals surface area contributed by atoms with Gasteiger partial charge < -0.3 is 4.90 Å². The molecule has 1 aromatic heterocycles. The number of benzene rings is 2. The molecule has 0 spiro atoms. The summed E-state index contributed by atoms with van der Waals surface area (Å²) in [6.45, 7) is 4.48. The standard InChI is InChI=1S/C23H29N5/c1-26-14-12-22(13-15-26)27(16-11-20-5-3-2-4-6-20)17-21-7-9-23(10-8-21)28-19-24-18-25-28/h2-10,18-19,22H,11-17H2,1H3. The Labute approximate surface area is 167 Å². The molecule has 0 aliphatic carbocycles. The van der Waals surface area contributed by atoms with E-state index in [4.69, 9.17) is 0 Å². The van der Waals surface area contributed by atoms with Crippen LogP contribution in [0.5, 0.6) is 0 Å². The Kier molecular flexibility index (Phi) is 6.14. The number of rotatable bonds is 7. The molecular weight excluding hydrogens is 346 g/mol. The zero-order valence-electron chi connectivity index (χ0n) is 16.6. The third-order valence-electron chi connectivity index (χ3n) is 5.74. The SMILES string of the molecule is CN1CCC(N(CCc2ccccc2)Cc2ccc(-n3cncn3)cc2)CC1. The van der Waals surface area contributed by atoms with E-state index in [1.165, 1.54) is 37.1 Å². The van der Waals surface area contributed by atoms with Crippen molar-refractivity contribution in [2.24, 2.45) is 0 Å². The van der Waals surface area contributed by atoms with E-state index in [0.717, 1.165) is 25.2 Å². The summed E-state index contributed by atoms with van der Waals surface area (Å²) in [5.74, 6) is 0. The molecule has 1 aliphatic rings. The maximum Gasteiger partial charge on any atom is 0.138 e. The molecule has 0 radical (unpaired) electrons. The van der Waals surface area contributed by atoms with Crippen molar-refractivity contribution in [3.63, 3.8) is 0 Å². The smallest absolute Gasteiger partial charge is 0.138 e. The third kappa shape index (κ3) is 4.86. The molecule has 5 heteroatoms. The second kappa shape index (κ2) is 9.13. The van der Waals surface area contributed by atoms with E-state index in [1.54, 1.807) is 17.3 Å². The molecule has 4 rings (SSSR count). The van der Waals surface area contributed by atoms with E-state index in [2.05, 4.69) is 81.5 Å². The molecule has 28 heavy (non-hydrogen) atoms. The van der Waals surface area contributed by atoms with Crippen molar-refractivity contribution in [3.05, 3.63) is 78.4 Å². The van der Waals surface area contributed by atoms with E-state index < -0.39 is 0 Å². The maximum atomic E-state index is 4.21. The Morgan fingerprint density at radius 3 is 2.39 bits per heavy atom. The van der Waals surface area contributed by atoms with Gasteiger partial charge in [0.15, 0.2) is 0 Å². The van der Waals surface area contributed by atoms with Crippen LogP contribution < -0.4 is 0 Å². The van der Waals surface area contributed by atoms with Gasteiger partial charge in [-0.05, 0) is 62.7 Å². The quantitative estimate of drug-likeness (QED) is 0.634. The molecule has 0 atom stereocenters. The Balaban J connectivity index is 1.44. The summed E-state index contributed by atoms with van der Waals surface area (Å²) >= 11 is 0. The Morgan fingerprint density at radius 1 is 0.964 bits per heavy atom. The van der Waals surface area contributed by atoms with Crippen LogP contribution in [0, 0.1) is 0 Å². The van der Waals surface area contributed by atoms with Gasteiger partial charge in [-0.3, -0.25) is 4.90 Å². The lowest BCUT2D eigenvalue weighted by Gasteiger charge is -2.37. The minimum atomic E-state index is 0.662. The molecule has 1 fully saturated rings.